The SMILES string of the molecule is COc1cc2c(cc1O)[C@H]1CC(=O)[C@H](CC(C)C)CN1CC2. The molecular weight excluding hydrogens is 278 g/mol. The predicted molar refractivity (Wildman–Crippen MR) is 85.2 cm³/mol. The zero-order valence-corrected chi connectivity index (χ0v) is 13.6. The van der Waals surface area contributed by atoms with Crippen molar-refractivity contribution in [3.05, 3.63) is 23.3 Å². The monoisotopic (exact) mass is 303 g/mol. The molecular formula is C18H25NO3. The lowest BCUT2D eigenvalue weighted by Crippen LogP contribution is -2.46. The Kier molecular flexibility index (Phi) is 4.13. The second-order valence-electron chi connectivity index (χ2n) is 6.98. The number of nitrogens with zero attached hydrogens (tertiary/aromatic N) is 1. The number of ether oxygens (including phenoxy) is 1. The minimum Gasteiger partial charge on any atom is -0.504 e. The zero-order valence-electron chi connectivity index (χ0n) is 13.6. The van der Waals surface area contributed by atoms with Crippen LogP contribution in [-0.2, 0) is 11.2 Å². The second kappa shape index (κ2) is 5.92. The molecule has 2 aliphatic rings. The van der Waals surface area contributed by atoms with Crippen molar-refractivity contribution in [1.82, 2.24) is 4.90 Å². The molecule has 22 heavy (non-hydrogen) atoms. The predicted octanol–water partition coefficient (Wildman–Crippen LogP) is 2.94. The van der Waals surface area contributed by atoms with Gasteiger partial charge in [-0.3, -0.25) is 9.69 Å². The highest BCUT2D eigenvalue weighted by Crippen LogP contribution is 2.42. The van der Waals surface area contributed by atoms with E-state index in [1.54, 1.807) is 13.2 Å². The molecule has 1 aromatic carbocycles. The van der Waals surface area contributed by atoms with Gasteiger partial charge in [0, 0.05) is 31.5 Å². The number of ketones is 1. The van der Waals surface area contributed by atoms with Gasteiger partial charge in [0.05, 0.1) is 7.11 Å². The zero-order chi connectivity index (χ0) is 15.9. The van der Waals surface area contributed by atoms with E-state index < -0.39 is 0 Å². The highest BCUT2D eigenvalue weighted by Gasteiger charge is 2.38. The number of fused-ring (bicyclic) bond motifs is 3. The molecule has 0 unspecified atom stereocenters. The topological polar surface area (TPSA) is 49.8 Å². The Balaban J connectivity index is 1.87. The maximum atomic E-state index is 12.5. The molecule has 2 heterocycles. The fourth-order valence-electron chi connectivity index (χ4n) is 3.91. The first-order chi connectivity index (χ1) is 10.5. The fraction of sp³-hybridized carbons (Fsp3) is 0.611. The number of aromatic hydroxyl groups is 1. The number of benzene rings is 1. The Bertz CT molecular complexity index is 582. The molecule has 0 amide bonds. The largest absolute Gasteiger partial charge is 0.504 e. The van der Waals surface area contributed by atoms with Gasteiger partial charge >= 0.3 is 0 Å². The number of phenolic OH excluding ortho intramolecular Hbond substituents is 1. The summed E-state index contributed by atoms with van der Waals surface area (Å²) in [6.07, 6.45) is 2.49. The van der Waals surface area contributed by atoms with Crippen molar-refractivity contribution in [3.63, 3.8) is 0 Å². The quantitative estimate of drug-likeness (QED) is 0.933. The van der Waals surface area contributed by atoms with Gasteiger partial charge in [0.25, 0.3) is 0 Å². The Morgan fingerprint density at radius 3 is 2.86 bits per heavy atom. The summed E-state index contributed by atoms with van der Waals surface area (Å²) < 4.78 is 5.20. The highest BCUT2D eigenvalue weighted by molar-refractivity contribution is 5.83. The lowest BCUT2D eigenvalue weighted by Gasteiger charge is -2.43. The van der Waals surface area contributed by atoms with E-state index in [4.69, 9.17) is 4.74 Å². The molecule has 0 aliphatic carbocycles. The lowest BCUT2D eigenvalue weighted by atomic mass is 9.80. The van der Waals surface area contributed by atoms with Crippen LogP contribution in [0.3, 0.4) is 0 Å². The Hall–Kier alpha value is -1.55. The number of methoxy groups -OCH3 is 1. The molecule has 2 atom stereocenters. The van der Waals surface area contributed by atoms with E-state index in [9.17, 15) is 9.90 Å². The molecule has 4 heteroatoms. The summed E-state index contributed by atoms with van der Waals surface area (Å²) in [6, 6.07) is 3.84. The van der Waals surface area contributed by atoms with Crippen molar-refractivity contribution in [2.24, 2.45) is 11.8 Å². The molecule has 0 aromatic heterocycles. The number of phenols is 1. The molecule has 4 nitrogen and oxygen atoms in total. The summed E-state index contributed by atoms with van der Waals surface area (Å²) in [4.78, 5) is 14.9. The van der Waals surface area contributed by atoms with Crippen LogP contribution < -0.4 is 4.74 Å². The van der Waals surface area contributed by atoms with Gasteiger partial charge in [0.2, 0.25) is 0 Å². The molecule has 0 bridgehead atoms. The van der Waals surface area contributed by atoms with Crippen LogP contribution in [0.5, 0.6) is 11.5 Å². The van der Waals surface area contributed by atoms with E-state index in [1.165, 1.54) is 5.56 Å². The minimum absolute atomic E-state index is 0.122. The second-order valence-corrected chi connectivity index (χ2v) is 6.98. The van der Waals surface area contributed by atoms with E-state index in [1.807, 2.05) is 6.07 Å². The first kappa shape index (κ1) is 15.3. The molecule has 1 fully saturated rings. The van der Waals surface area contributed by atoms with Crippen molar-refractivity contribution >= 4 is 5.78 Å². The lowest BCUT2D eigenvalue weighted by molar-refractivity contribution is -0.129. The molecule has 1 aromatic rings. The first-order valence-corrected chi connectivity index (χ1v) is 8.16. The first-order valence-electron chi connectivity index (χ1n) is 8.16. The van der Waals surface area contributed by atoms with Crippen LogP contribution in [0.2, 0.25) is 0 Å². The van der Waals surface area contributed by atoms with Crippen molar-refractivity contribution in [3.8, 4) is 11.5 Å². The van der Waals surface area contributed by atoms with Gasteiger partial charge in [-0.05, 0) is 42.0 Å². The number of rotatable bonds is 3. The number of piperidine rings is 1. The van der Waals surface area contributed by atoms with Crippen LogP contribution in [0.4, 0.5) is 0 Å². The number of hydrogen-bond donors (Lipinski definition) is 1. The summed E-state index contributed by atoms with van der Waals surface area (Å²) in [6.45, 7) is 6.19. The third-order valence-electron chi connectivity index (χ3n) is 4.97. The van der Waals surface area contributed by atoms with Crippen molar-refractivity contribution < 1.29 is 14.6 Å². The summed E-state index contributed by atoms with van der Waals surface area (Å²) in [5.41, 5.74) is 2.30. The van der Waals surface area contributed by atoms with Gasteiger partial charge in [-0.25, -0.2) is 0 Å². The number of Topliss-reactive ketones (excluding diaryl/α,β-unsaturated/α-hetero) is 1. The number of carbonyl (C=O) groups is 1. The van der Waals surface area contributed by atoms with E-state index in [-0.39, 0.29) is 17.7 Å². The third-order valence-corrected chi connectivity index (χ3v) is 4.97. The summed E-state index contributed by atoms with van der Waals surface area (Å²) >= 11 is 0. The molecule has 1 saturated heterocycles. The summed E-state index contributed by atoms with van der Waals surface area (Å²) in [7, 11) is 1.57. The third kappa shape index (κ3) is 2.72. The van der Waals surface area contributed by atoms with Crippen LogP contribution in [0.25, 0.3) is 0 Å². The molecule has 1 N–H and O–H groups in total. The summed E-state index contributed by atoms with van der Waals surface area (Å²) in [5, 5.41) is 10.1. The van der Waals surface area contributed by atoms with E-state index in [0.29, 0.717) is 23.9 Å². The van der Waals surface area contributed by atoms with E-state index in [2.05, 4.69) is 18.7 Å². The smallest absolute Gasteiger partial charge is 0.160 e. The summed E-state index contributed by atoms with van der Waals surface area (Å²) in [5.74, 6) is 1.78. The van der Waals surface area contributed by atoms with Crippen molar-refractivity contribution in [2.45, 2.75) is 39.2 Å². The molecule has 0 spiro atoms. The average Bonchev–Trinajstić information content (AvgIpc) is 2.47. The van der Waals surface area contributed by atoms with Crippen LogP contribution in [-0.4, -0.2) is 36.0 Å². The van der Waals surface area contributed by atoms with Crippen LogP contribution >= 0.6 is 0 Å². The van der Waals surface area contributed by atoms with Gasteiger partial charge in [-0.2, -0.15) is 0 Å². The fourth-order valence-corrected chi connectivity index (χ4v) is 3.91. The minimum atomic E-state index is 0.122. The normalized spacial score (nSPS) is 25.0. The Morgan fingerprint density at radius 2 is 2.18 bits per heavy atom. The van der Waals surface area contributed by atoms with Crippen LogP contribution in [0, 0.1) is 11.8 Å². The van der Waals surface area contributed by atoms with Gasteiger partial charge in [0.1, 0.15) is 5.78 Å². The molecule has 0 saturated carbocycles. The maximum Gasteiger partial charge on any atom is 0.160 e. The Morgan fingerprint density at radius 1 is 1.41 bits per heavy atom. The van der Waals surface area contributed by atoms with Crippen molar-refractivity contribution in [1.29, 1.82) is 0 Å². The van der Waals surface area contributed by atoms with E-state index >= 15 is 0 Å². The van der Waals surface area contributed by atoms with Gasteiger partial charge in [0.15, 0.2) is 11.5 Å². The van der Waals surface area contributed by atoms with Crippen LogP contribution in [0.1, 0.15) is 43.9 Å². The standard InChI is InChI=1S/C18H25NO3/c1-11(2)6-13-10-19-5-4-12-7-18(22-3)17(21)8-14(12)15(19)9-16(13)20/h7-8,11,13,15,21H,4-6,9-10H2,1-3H3/t13-,15-/m1/s1. The highest BCUT2D eigenvalue weighted by atomic mass is 16.5. The average molecular weight is 303 g/mol. The number of hydrogen-bond acceptors (Lipinski definition) is 4. The van der Waals surface area contributed by atoms with Gasteiger partial charge in [-0.1, -0.05) is 13.8 Å². The van der Waals surface area contributed by atoms with Gasteiger partial charge in [-0.15, -0.1) is 0 Å². The van der Waals surface area contributed by atoms with Crippen molar-refractivity contribution in [2.75, 3.05) is 20.2 Å². The molecule has 3 rings (SSSR count). The molecule has 2 aliphatic heterocycles. The molecule has 0 radical (unpaired) electrons. The molecule has 120 valence electrons. The Labute approximate surface area is 132 Å². The number of carbonyl (C=O) groups excluding carboxylic acids is 1. The van der Waals surface area contributed by atoms with Crippen LogP contribution in [0.15, 0.2) is 12.1 Å². The maximum absolute atomic E-state index is 12.5. The van der Waals surface area contributed by atoms with Gasteiger partial charge < -0.3 is 9.84 Å². The van der Waals surface area contributed by atoms with E-state index in [0.717, 1.165) is 31.5 Å².